The first-order valence-electron chi connectivity index (χ1n) is 10.7. The maximum Gasteiger partial charge on any atom is 0.416 e. The van der Waals surface area contributed by atoms with Crippen LogP contribution < -0.4 is 4.72 Å². The van der Waals surface area contributed by atoms with Gasteiger partial charge in [0.1, 0.15) is 0 Å². The quantitative estimate of drug-likeness (QED) is 0.233. The molecule has 1 aromatic heterocycles. The predicted molar refractivity (Wildman–Crippen MR) is 138 cm³/mol. The molecule has 3 aromatic carbocycles. The second-order valence-electron chi connectivity index (χ2n) is 7.96. The van der Waals surface area contributed by atoms with Gasteiger partial charge in [0.25, 0.3) is 0 Å². The van der Waals surface area contributed by atoms with E-state index >= 15 is 0 Å². The molecule has 0 aliphatic rings. The molecule has 4 rings (SSSR count). The molecule has 0 atom stereocenters. The summed E-state index contributed by atoms with van der Waals surface area (Å²) < 4.78 is 68.7. The Balaban J connectivity index is 1.64. The predicted octanol–water partition coefficient (Wildman–Crippen LogP) is 6.67. The third kappa shape index (κ3) is 6.66. The second-order valence-corrected chi connectivity index (χ2v) is 11.5. The summed E-state index contributed by atoms with van der Waals surface area (Å²) in [7, 11) is -4.30. The molecule has 0 saturated carbocycles. The van der Waals surface area contributed by atoms with E-state index in [4.69, 9.17) is 23.2 Å². The molecule has 0 radical (unpaired) electrons. The van der Waals surface area contributed by atoms with Crippen molar-refractivity contribution in [2.24, 2.45) is 0 Å². The Morgan fingerprint density at radius 1 is 1.00 bits per heavy atom. The van der Waals surface area contributed by atoms with Crippen molar-refractivity contribution in [1.29, 1.82) is 0 Å². The van der Waals surface area contributed by atoms with Crippen LogP contribution in [0.25, 0.3) is 5.69 Å². The van der Waals surface area contributed by atoms with E-state index < -0.39 is 26.7 Å². The number of rotatable bonds is 8. The summed E-state index contributed by atoms with van der Waals surface area (Å²) in [6, 6.07) is 16.2. The highest BCUT2D eigenvalue weighted by Crippen LogP contribution is 2.32. The number of hydrogen-bond acceptors (Lipinski definition) is 5. The first-order chi connectivity index (χ1) is 17.4. The van der Waals surface area contributed by atoms with E-state index in [1.807, 2.05) is 31.2 Å². The summed E-state index contributed by atoms with van der Waals surface area (Å²) in [5.74, 6) is 0.743. The monoisotopic (exact) mass is 586 g/mol. The van der Waals surface area contributed by atoms with Gasteiger partial charge in [0.2, 0.25) is 10.0 Å². The Morgan fingerprint density at radius 3 is 2.46 bits per heavy atom. The maximum atomic E-state index is 13.1. The Bertz CT molecular complexity index is 1540. The number of alkyl halides is 3. The third-order valence-corrected chi connectivity index (χ3v) is 8.13. The fourth-order valence-electron chi connectivity index (χ4n) is 3.45. The third-order valence-electron chi connectivity index (χ3n) is 5.19. The molecule has 0 saturated heterocycles. The number of nitrogens with one attached hydrogen (secondary N) is 1. The van der Waals surface area contributed by atoms with Crippen LogP contribution in [0, 0.1) is 6.92 Å². The van der Waals surface area contributed by atoms with Crippen molar-refractivity contribution in [3.8, 4) is 5.69 Å². The van der Waals surface area contributed by atoms with Gasteiger partial charge < -0.3 is 0 Å². The van der Waals surface area contributed by atoms with Gasteiger partial charge in [-0.25, -0.2) is 13.1 Å². The number of nitrogens with zero attached hydrogens (tertiary/aromatic N) is 3. The largest absolute Gasteiger partial charge is 0.416 e. The fraction of sp³-hybridized carbons (Fsp3) is 0.167. The van der Waals surface area contributed by atoms with Crippen molar-refractivity contribution >= 4 is 45.0 Å². The van der Waals surface area contributed by atoms with E-state index in [2.05, 4.69) is 14.9 Å². The minimum atomic E-state index is -4.68. The summed E-state index contributed by atoms with van der Waals surface area (Å²) >= 11 is 13.8. The lowest BCUT2D eigenvalue weighted by Gasteiger charge is -2.13. The van der Waals surface area contributed by atoms with Crippen LogP contribution in [0.4, 0.5) is 13.2 Å². The summed E-state index contributed by atoms with van der Waals surface area (Å²) in [6.07, 6.45) is -4.68. The SMILES string of the molecule is Cc1cccc(CSc2nnc(CNS(=O)(=O)c3cccc(C(F)(F)F)c3)n2-c2ccc(Cl)cc2Cl)c1. The van der Waals surface area contributed by atoms with Crippen molar-refractivity contribution < 1.29 is 21.6 Å². The van der Waals surface area contributed by atoms with Crippen molar-refractivity contribution in [2.45, 2.75) is 35.4 Å². The van der Waals surface area contributed by atoms with Gasteiger partial charge in [0, 0.05) is 10.8 Å². The highest BCUT2D eigenvalue weighted by Gasteiger charge is 2.31. The van der Waals surface area contributed by atoms with E-state index in [0.717, 1.165) is 29.3 Å². The molecule has 0 amide bonds. The van der Waals surface area contributed by atoms with Gasteiger partial charge in [0.05, 0.1) is 27.7 Å². The van der Waals surface area contributed by atoms with Gasteiger partial charge in [-0.2, -0.15) is 13.2 Å². The number of benzene rings is 3. The minimum Gasteiger partial charge on any atom is -0.271 e. The molecular formula is C24H19Cl2F3N4O2S2. The molecule has 4 aromatic rings. The second kappa shape index (κ2) is 11.0. The van der Waals surface area contributed by atoms with Gasteiger partial charge >= 0.3 is 6.18 Å². The van der Waals surface area contributed by atoms with Crippen molar-refractivity contribution in [3.05, 3.63) is 99.3 Å². The fourth-order valence-corrected chi connectivity index (χ4v) is 5.87. The number of aryl methyl sites for hydroxylation is 1. The highest BCUT2D eigenvalue weighted by molar-refractivity contribution is 7.98. The van der Waals surface area contributed by atoms with E-state index in [1.165, 1.54) is 17.8 Å². The van der Waals surface area contributed by atoms with Crippen molar-refractivity contribution in [3.63, 3.8) is 0 Å². The number of sulfonamides is 1. The van der Waals surface area contributed by atoms with Crippen LogP contribution in [0.3, 0.4) is 0 Å². The molecule has 0 aliphatic heterocycles. The molecule has 194 valence electrons. The van der Waals surface area contributed by atoms with Crippen molar-refractivity contribution in [1.82, 2.24) is 19.5 Å². The lowest BCUT2D eigenvalue weighted by Crippen LogP contribution is -2.25. The number of thioether (sulfide) groups is 1. The van der Waals surface area contributed by atoms with Crippen LogP contribution in [0.1, 0.15) is 22.5 Å². The van der Waals surface area contributed by atoms with Gasteiger partial charge in [-0.1, -0.05) is 70.9 Å². The van der Waals surface area contributed by atoms with Crippen LogP contribution in [0.2, 0.25) is 10.0 Å². The van der Waals surface area contributed by atoms with Crippen LogP contribution in [0.15, 0.2) is 76.8 Å². The van der Waals surface area contributed by atoms with Crippen LogP contribution in [-0.2, 0) is 28.5 Å². The average molecular weight is 587 g/mol. The normalized spacial score (nSPS) is 12.2. The first kappa shape index (κ1) is 27.5. The van der Waals surface area contributed by atoms with E-state index in [9.17, 15) is 21.6 Å². The molecule has 37 heavy (non-hydrogen) atoms. The topological polar surface area (TPSA) is 76.9 Å². The molecule has 1 heterocycles. The molecular weight excluding hydrogens is 568 g/mol. The molecule has 0 aliphatic carbocycles. The molecule has 0 fully saturated rings. The molecule has 0 bridgehead atoms. The summed E-state index contributed by atoms with van der Waals surface area (Å²) in [6.45, 7) is 1.63. The number of aromatic nitrogens is 3. The van der Waals surface area contributed by atoms with Crippen LogP contribution in [-0.4, -0.2) is 23.2 Å². The van der Waals surface area contributed by atoms with Crippen molar-refractivity contribution in [2.75, 3.05) is 0 Å². The zero-order chi connectivity index (χ0) is 26.8. The van der Waals surface area contributed by atoms with Crippen LogP contribution in [0.5, 0.6) is 0 Å². The molecule has 1 N–H and O–H groups in total. The van der Waals surface area contributed by atoms with E-state index in [1.54, 1.807) is 16.7 Å². The summed E-state index contributed by atoms with van der Waals surface area (Å²) in [4.78, 5) is -0.521. The highest BCUT2D eigenvalue weighted by atomic mass is 35.5. The van der Waals surface area contributed by atoms with E-state index in [0.29, 0.717) is 27.7 Å². The lowest BCUT2D eigenvalue weighted by molar-refractivity contribution is -0.137. The summed E-state index contributed by atoms with van der Waals surface area (Å²) in [5, 5.41) is 9.48. The average Bonchev–Trinajstić information content (AvgIpc) is 3.24. The minimum absolute atomic E-state index is 0.187. The molecule has 6 nitrogen and oxygen atoms in total. The Labute approximate surface area is 225 Å². The number of hydrogen-bond donors (Lipinski definition) is 1. The standard InChI is InChI=1S/C24H19Cl2F3N4O2S2/c1-15-4-2-5-16(10-15)14-36-23-32-31-22(33(23)21-9-8-18(25)12-20(21)26)13-30-37(34,35)19-7-3-6-17(11-19)24(27,28)29/h2-12,30H,13-14H2,1H3. The van der Waals surface area contributed by atoms with Crippen LogP contribution >= 0.6 is 35.0 Å². The Morgan fingerprint density at radius 2 is 1.76 bits per heavy atom. The van der Waals surface area contributed by atoms with E-state index in [-0.39, 0.29) is 17.4 Å². The zero-order valence-electron chi connectivity index (χ0n) is 19.1. The maximum absolute atomic E-state index is 13.1. The first-order valence-corrected chi connectivity index (χ1v) is 13.9. The Hall–Kier alpha value is -2.57. The lowest BCUT2D eigenvalue weighted by atomic mass is 10.2. The smallest absolute Gasteiger partial charge is 0.271 e. The molecule has 0 spiro atoms. The van der Waals surface area contributed by atoms with Gasteiger partial charge in [-0.15, -0.1) is 10.2 Å². The van der Waals surface area contributed by atoms with Gasteiger partial charge in [-0.05, 0) is 48.9 Å². The van der Waals surface area contributed by atoms with Gasteiger partial charge in [-0.3, -0.25) is 4.57 Å². The molecule has 13 heteroatoms. The van der Waals surface area contributed by atoms with Gasteiger partial charge in [0.15, 0.2) is 11.0 Å². The summed E-state index contributed by atoms with van der Waals surface area (Å²) in [5.41, 5.74) is 1.55. The Kier molecular flexibility index (Phi) is 8.20. The zero-order valence-corrected chi connectivity index (χ0v) is 22.3. The number of halogens is 5. The molecule has 0 unspecified atom stereocenters.